The van der Waals surface area contributed by atoms with Gasteiger partial charge in [0, 0.05) is 25.3 Å². The summed E-state index contributed by atoms with van der Waals surface area (Å²) in [6.45, 7) is 3.97. The van der Waals surface area contributed by atoms with Crippen LogP contribution in [0.1, 0.15) is 63.5 Å². The molecule has 1 saturated heterocycles. The lowest BCUT2D eigenvalue weighted by atomic mass is 9.99. The van der Waals surface area contributed by atoms with E-state index in [0.717, 1.165) is 17.5 Å². The van der Waals surface area contributed by atoms with Crippen LogP contribution in [-0.2, 0) is 36.8 Å². The molecule has 0 aliphatic carbocycles. The summed E-state index contributed by atoms with van der Waals surface area (Å²) in [7, 11) is 0. The van der Waals surface area contributed by atoms with Crippen molar-refractivity contribution in [3.8, 4) is 5.75 Å². The molecule has 0 aromatic heterocycles. The standard InChI is InChI=1S/C33H41F3N4O6/c1-22(16-17-24-10-4-3-5-11-24)30(43)37-27(31(44)38-39-32(45)33(34,35)36)14-6-7-19-46-26-13-8-12-25(20-26)21-28(23(2)41)40-18-9-15-29(40)42/h3-5,8,10-13,20,22,27-28H,6-7,9,14-19,21H2,1-2H3,(H,37,43)(H,38,44)(H,39,45)/t22-,27?,28-/m0/s1. The Balaban J connectivity index is 1.52. The van der Waals surface area contributed by atoms with Crippen LogP contribution in [0.4, 0.5) is 13.2 Å². The number of benzene rings is 2. The third-order valence-corrected chi connectivity index (χ3v) is 7.78. The number of nitrogens with zero attached hydrogens (tertiary/aromatic N) is 1. The molecule has 250 valence electrons. The molecule has 4 amide bonds. The quantitative estimate of drug-likeness (QED) is 0.188. The van der Waals surface area contributed by atoms with Crippen LogP contribution >= 0.6 is 0 Å². The highest BCUT2D eigenvalue weighted by Gasteiger charge is 2.39. The molecule has 10 nitrogen and oxygen atoms in total. The lowest BCUT2D eigenvalue weighted by molar-refractivity contribution is -0.175. The van der Waals surface area contributed by atoms with Crippen molar-refractivity contribution in [2.45, 2.75) is 83.5 Å². The highest BCUT2D eigenvalue weighted by Crippen LogP contribution is 2.21. The number of hydrogen-bond donors (Lipinski definition) is 3. The lowest BCUT2D eigenvalue weighted by Crippen LogP contribution is -2.55. The van der Waals surface area contributed by atoms with Gasteiger partial charge in [-0.2, -0.15) is 13.2 Å². The maximum atomic E-state index is 12.9. The molecule has 2 aromatic carbocycles. The Morgan fingerprint density at radius 1 is 0.935 bits per heavy atom. The molecular weight excluding hydrogens is 605 g/mol. The molecular formula is C33H41F3N4O6. The van der Waals surface area contributed by atoms with Crippen molar-refractivity contribution in [2.75, 3.05) is 13.2 Å². The Morgan fingerprint density at radius 3 is 2.30 bits per heavy atom. The number of halogens is 3. The fraction of sp³-hybridized carbons (Fsp3) is 0.485. The number of likely N-dealkylation sites (tertiary alicyclic amines) is 1. The lowest BCUT2D eigenvalue weighted by Gasteiger charge is -2.25. The summed E-state index contributed by atoms with van der Waals surface area (Å²) in [5.41, 5.74) is 4.97. The van der Waals surface area contributed by atoms with Crippen LogP contribution in [0, 0.1) is 5.92 Å². The smallest absolute Gasteiger partial charge is 0.472 e. The molecule has 0 saturated carbocycles. The van der Waals surface area contributed by atoms with Crippen molar-refractivity contribution in [1.82, 2.24) is 21.1 Å². The van der Waals surface area contributed by atoms with E-state index in [0.29, 0.717) is 50.8 Å². The summed E-state index contributed by atoms with van der Waals surface area (Å²) in [6.07, 6.45) is -1.65. The van der Waals surface area contributed by atoms with E-state index >= 15 is 0 Å². The monoisotopic (exact) mass is 646 g/mol. The van der Waals surface area contributed by atoms with Gasteiger partial charge in [-0.15, -0.1) is 0 Å². The van der Waals surface area contributed by atoms with Crippen LogP contribution in [0.2, 0.25) is 0 Å². The summed E-state index contributed by atoms with van der Waals surface area (Å²) in [5, 5.41) is 2.60. The summed E-state index contributed by atoms with van der Waals surface area (Å²) >= 11 is 0. The van der Waals surface area contributed by atoms with Gasteiger partial charge in [0.1, 0.15) is 11.8 Å². The maximum Gasteiger partial charge on any atom is 0.472 e. The number of hydrazine groups is 1. The first-order valence-corrected chi connectivity index (χ1v) is 15.4. The Hall–Kier alpha value is -4.42. The minimum Gasteiger partial charge on any atom is -0.494 e. The van der Waals surface area contributed by atoms with E-state index in [9.17, 15) is 37.1 Å². The first-order valence-electron chi connectivity index (χ1n) is 15.4. The van der Waals surface area contributed by atoms with Crippen molar-refractivity contribution in [2.24, 2.45) is 5.92 Å². The zero-order valence-corrected chi connectivity index (χ0v) is 26.0. The molecule has 0 bridgehead atoms. The van der Waals surface area contributed by atoms with E-state index in [4.69, 9.17) is 4.74 Å². The number of unbranched alkanes of at least 4 members (excludes halogenated alkanes) is 1. The number of carbonyl (C=O) groups excluding carboxylic acids is 5. The SMILES string of the molecule is CC(=O)[C@H](Cc1cccc(OCCCCC(NC(=O)[C@@H](C)CCc2ccccc2)C(=O)NNC(=O)C(F)(F)F)c1)N1CCCC1=O. The number of carbonyl (C=O) groups is 5. The summed E-state index contributed by atoms with van der Waals surface area (Å²) in [4.78, 5) is 62.8. The van der Waals surface area contributed by atoms with E-state index in [1.54, 1.807) is 35.4 Å². The van der Waals surface area contributed by atoms with Gasteiger partial charge in [0.25, 0.3) is 5.91 Å². The Morgan fingerprint density at radius 2 is 1.65 bits per heavy atom. The van der Waals surface area contributed by atoms with Crippen molar-refractivity contribution >= 4 is 29.4 Å². The predicted octanol–water partition coefficient (Wildman–Crippen LogP) is 3.82. The average molecular weight is 647 g/mol. The van der Waals surface area contributed by atoms with Crippen LogP contribution in [0.5, 0.6) is 5.75 Å². The molecule has 0 spiro atoms. The molecule has 1 aliphatic rings. The second kappa shape index (κ2) is 17.3. The zero-order valence-electron chi connectivity index (χ0n) is 26.0. The van der Waals surface area contributed by atoms with Crippen LogP contribution in [0.15, 0.2) is 54.6 Å². The maximum absolute atomic E-state index is 12.9. The van der Waals surface area contributed by atoms with Crippen LogP contribution in [-0.4, -0.2) is 65.7 Å². The van der Waals surface area contributed by atoms with Gasteiger partial charge in [-0.25, -0.2) is 0 Å². The molecule has 1 fully saturated rings. The van der Waals surface area contributed by atoms with Gasteiger partial charge in [0.2, 0.25) is 11.8 Å². The first kappa shape index (κ1) is 36.1. The molecule has 1 aliphatic heterocycles. The van der Waals surface area contributed by atoms with Gasteiger partial charge in [0.05, 0.1) is 12.6 Å². The first-order chi connectivity index (χ1) is 21.8. The summed E-state index contributed by atoms with van der Waals surface area (Å²) < 4.78 is 43.7. The fourth-order valence-electron chi connectivity index (χ4n) is 5.12. The molecule has 0 radical (unpaired) electrons. The molecule has 1 unspecified atom stereocenters. The van der Waals surface area contributed by atoms with E-state index < -0.39 is 41.9 Å². The van der Waals surface area contributed by atoms with E-state index in [1.807, 2.05) is 36.4 Å². The topological polar surface area (TPSA) is 134 Å². The third kappa shape index (κ3) is 11.5. The Labute approximate surface area is 266 Å². The van der Waals surface area contributed by atoms with Crippen LogP contribution in [0.25, 0.3) is 0 Å². The molecule has 2 aromatic rings. The number of Topliss-reactive ketones (excluding diaryl/α,β-unsaturated/α-hetero) is 1. The molecule has 3 N–H and O–H groups in total. The van der Waals surface area contributed by atoms with Gasteiger partial charge in [0.15, 0.2) is 5.78 Å². The number of ether oxygens (including phenoxy) is 1. The van der Waals surface area contributed by atoms with Crippen LogP contribution < -0.4 is 20.9 Å². The third-order valence-electron chi connectivity index (χ3n) is 7.78. The molecule has 1 heterocycles. The van der Waals surface area contributed by atoms with Gasteiger partial charge in [-0.1, -0.05) is 49.4 Å². The number of aryl methyl sites for hydroxylation is 1. The fourth-order valence-corrected chi connectivity index (χ4v) is 5.12. The van der Waals surface area contributed by atoms with Gasteiger partial charge in [-0.05, 0) is 68.7 Å². The predicted molar refractivity (Wildman–Crippen MR) is 163 cm³/mol. The van der Waals surface area contributed by atoms with Crippen molar-refractivity contribution in [1.29, 1.82) is 0 Å². The van der Waals surface area contributed by atoms with Gasteiger partial charge >= 0.3 is 12.1 Å². The number of hydrogen-bond acceptors (Lipinski definition) is 6. The van der Waals surface area contributed by atoms with Crippen molar-refractivity contribution < 1.29 is 41.9 Å². The number of amides is 4. The Kier molecular flexibility index (Phi) is 13.6. The summed E-state index contributed by atoms with van der Waals surface area (Å²) in [5.74, 6) is -3.80. The molecule has 3 atom stereocenters. The van der Waals surface area contributed by atoms with Gasteiger partial charge in [-0.3, -0.25) is 34.8 Å². The molecule has 46 heavy (non-hydrogen) atoms. The minimum absolute atomic E-state index is 0.0276. The largest absolute Gasteiger partial charge is 0.494 e. The number of alkyl halides is 3. The highest BCUT2D eigenvalue weighted by atomic mass is 19.4. The number of ketones is 1. The second-order valence-corrected chi connectivity index (χ2v) is 11.4. The summed E-state index contributed by atoms with van der Waals surface area (Å²) in [6, 6.07) is 15.0. The van der Waals surface area contributed by atoms with E-state index in [2.05, 4.69) is 5.32 Å². The van der Waals surface area contributed by atoms with Crippen LogP contribution in [0.3, 0.4) is 0 Å². The number of nitrogens with one attached hydrogen (secondary N) is 3. The van der Waals surface area contributed by atoms with E-state index in [-0.39, 0.29) is 24.7 Å². The zero-order chi connectivity index (χ0) is 33.7. The minimum atomic E-state index is -5.19. The molecule has 13 heteroatoms. The average Bonchev–Trinajstić information content (AvgIpc) is 3.45. The van der Waals surface area contributed by atoms with Gasteiger partial charge < -0.3 is 15.0 Å². The van der Waals surface area contributed by atoms with Crippen molar-refractivity contribution in [3.05, 3.63) is 65.7 Å². The second-order valence-electron chi connectivity index (χ2n) is 11.4. The molecule has 3 rings (SSSR count). The highest BCUT2D eigenvalue weighted by molar-refractivity contribution is 5.91. The normalized spacial score (nSPS) is 15.1. The van der Waals surface area contributed by atoms with Crippen molar-refractivity contribution in [3.63, 3.8) is 0 Å². The Bertz CT molecular complexity index is 1350. The number of rotatable bonds is 16. The van der Waals surface area contributed by atoms with E-state index in [1.165, 1.54) is 12.3 Å².